The smallest absolute Gasteiger partial charge is 0.289 e. The molecule has 2 amide bonds. The number of nitrogens with zero attached hydrogens (tertiary/aromatic N) is 3. The normalized spacial score (nSPS) is 15.2. The number of amides is 2. The molecule has 1 aliphatic heterocycles. The highest BCUT2D eigenvalue weighted by molar-refractivity contribution is 5.91. The number of rotatable bonds is 13. The Morgan fingerprint density at radius 2 is 1.89 bits per heavy atom. The van der Waals surface area contributed by atoms with Crippen LogP contribution in [0.15, 0.2) is 53.2 Å². The number of para-hydroxylation sites is 1. The molecule has 36 heavy (non-hydrogen) atoms. The second-order valence-corrected chi connectivity index (χ2v) is 9.29. The Hall–Kier alpha value is -3.06. The molecule has 1 aliphatic rings. The second kappa shape index (κ2) is 14.5. The van der Waals surface area contributed by atoms with Crippen LogP contribution in [0, 0.1) is 5.92 Å². The van der Waals surface area contributed by atoms with Crippen molar-refractivity contribution in [2.75, 3.05) is 52.9 Å². The molecule has 0 saturated carbocycles. The number of methoxy groups -OCH3 is 1. The van der Waals surface area contributed by atoms with Crippen LogP contribution in [0.2, 0.25) is 0 Å². The molecule has 2 heterocycles. The van der Waals surface area contributed by atoms with E-state index in [4.69, 9.17) is 9.15 Å². The Kier molecular flexibility index (Phi) is 11.1. The first-order valence-corrected chi connectivity index (χ1v) is 13.2. The van der Waals surface area contributed by atoms with Crippen LogP contribution in [0.1, 0.15) is 55.6 Å². The van der Waals surface area contributed by atoms with E-state index >= 15 is 0 Å². The quantitative estimate of drug-likeness (QED) is 0.399. The van der Waals surface area contributed by atoms with E-state index in [9.17, 15) is 9.59 Å². The molecule has 0 N–H and O–H groups in total. The van der Waals surface area contributed by atoms with Crippen LogP contribution >= 0.6 is 0 Å². The average Bonchev–Trinajstić information content (AvgIpc) is 3.46. The van der Waals surface area contributed by atoms with E-state index in [0.717, 1.165) is 69.7 Å². The minimum absolute atomic E-state index is 0.125. The summed E-state index contributed by atoms with van der Waals surface area (Å²) in [5.74, 6) is 1.47. The molecule has 1 aromatic heterocycles. The zero-order valence-electron chi connectivity index (χ0n) is 22.0. The molecule has 0 radical (unpaired) electrons. The molecule has 7 nitrogen and oxygen atoms in total. The Balaban J connectivity index is 1.55. The van der Waals surface area contributed by atoms with Crippen LogP contribution in [0.25, 0.3) is 6.08 Å². The number of furan rings is 1. The maximum absolute atomic E-state index is 13.1. The van der Waals surface area contributed by atoms with Crippen molar-refractivity contribution in [2.45, 2.75) is 39.5 Å². The van der Waals surface area contributed by atoms with Gasteiger partial charge in [0.15, 0.2) is 5.76 Å². The van der Waals surface area contributed by atoms with Gasteiger partial charge in [0.05, 0.1) is 13.4 Å². The van der Waals surface area contributed by atoms with Crippen molar-refractivity contribution in [3.05, 3.63) is 60.1 Å². The fraction of sp³-hybridized carbons (Fsp3) is 0.517. The Bertz CT molecular complexity index is 965. The number of unbranched alkanes of at least 4 members (excludes halogenated alkanes) is 1. The van der Waals surface area contributed by atoms with Crippen LogP contribution in [-0.2, 0) is 4.79 Å². The van der Waals surface area contributed by atoms with Gasteiger partial charge in [0, 0.05) is 57.3 Å². The van der Waals surface area contributed by atoms with Gasteiger partial charge < -0.3 is 19.0 Å². The maximum Gasteiger partial charge on any atom is 0.289 e. The lowest BCUT2D eigenvalue weighted by Crippen LogP contribution is -2.51. The van der Waals surface area contributed by atoms with Crippen molar-refractivity contribution in [1.82, 2.24) is 14.7 Å². The van der Waals surface area contributed by atoms with Gasteiger partial charge in [-0.1, -0.05) is 57.0 Å². The van der Waals surface area contributed by atoms with Crippen molar-refractivity contribution in [3.8, 4) is 5.75 Å². The number of hydrogen-bond donors (Lipinski definition) is 0. The first-order valence-electron chi connectivity index (χ1n) is 13.2. The molecule has 1 unspecified atom stereocenters. The van der Waals surface area contributed by atoms with Gasteiger partial charge in [-0.2, -0.15) is 0 Å². The van der Waals surface area contributed by atoms with Crippen molar-refractivity contribution >= 4 is 17.9 Å². The third kappa shape index (κ3) is 7.72. The standard InChI is InChI=1S/C29H41N3O4/c1-4-6-11-24(5-2)28(33)32-21-18-30(19-22-32)17-20-31(29(34)27-15-10-23-36-27)16-9-13-25-12-7-8-14-26(25)35-3/h7-10,12-15,23-24H,4-6,11,16-22H2,1-3H3. The zero-order valence-corrected chi connectivity index (χ0v) is 22.0. The maximum atomic E-state index is 13.1. The number of ether oxygens (including phenoxy) is 1. The monoisotopic (exact) mass is 495 g/mol. The zero-order chi connectivity index (χ0) is 25.8. The summed E-state index contributed by atoms with van der Waals surface area (Å²) in [4.78, 5) is 32.2. The Labute approximate surface area is 215 Å². The van der Waals surface area contributed by atoms with Gasteiger partial charge in [0.25, 0.3) is 5.91 Å². The van der Waals surface area contributed by atoms with Crippen molar-refractivity contribution < 1.29 is 18.7 Å². The van der Waals surface area contributed by atoms with Gasteiger partial charge in [0.1, 0.15) is 5.75 Å². The molecule has 2 aromatic rings. The lowest BCUT2D eigenvalue weighted by Gasteiger charge is -2.37. The van der Waals surface area contributed by atoms with E-state index in [0.29, 0.717) is 24.8 Å². The minimum atomic E-state index is -0.125. The van der Waals surface area contributed by atoms with Crippen molar-refractivity contribution in [1.29, 1.82) is 0 Å². The number of hydrogen-bond acceptors (Lipinski definition) is 5. The van der Waals surface area contributed by atoms with Gasteiger partial charge in [-0.25, -0.2) is 0 Å². The second-order valence-electron chi connectivity index (χ2n) is 9.29. The molecule has 0 bridgehead atoms. The molecule has 196 valence electrons. The molecule has 1 fully saturated rings. The van der Waals surface area contributed by atoms with Gasteiger partial charge in [-0.3, -0.25) is 14.5 Å². The minimum Gasteiger partial charge on any atom is -0.496 e. The summed E-state index contributed by atoms with van der Waals surface area (Å²) < 4.78 is 10.8. The van der Waals surface area contributed by atoms with Crippen molar-refractivity contribution in [3.63, 3.8) is 0 Å². The highest BCUT2D eigenvalue weighted by Crippen LogP contribution is 2.19. The molecule has 1 atom stereocenters. The first kappa shape index (κ1) is 27.5. The molecular formula is C29H41N3O4. The van der Waals surface area contributed by atoms with Crippen LogP contribution in [0.4, 0.5) is 0 Å². The summed E-state index contributed by atoms with van der Waals surface area (Å²) in [6, 6.07) is 11.2. The molecule has 1 saturated heterocycles. The van der Waals surface area contributed by atoms with Gasteiger partial charge in [-0.05, 0) is 31.0 Å². The number of carbonyl (C=O) groups excluding carboxylic acids is 2. The highest BCUT2D eigenvalue weighted by atomic mass is 16.5. The lowest BCUT2D eigenvalue weighted by atomic mass is 9.97. The molecule has 0 aliphatic carbocycles. The Morgan fingerprint density at radius 3 is 2.56 bits per heavy atom. The molecular weight excluding hydrogens is 454 g/mol. The fourth-order valence-electron chi connectivity index (χ4n) is 4.61. The molecule has 1 aromatic carbocycles. The number of piperazine rings is 1. The number of benzene rings is 1. The van der Waals surface area contributed by atoms with E-state index in [1.54, 1.807) is 24.1 Å². The fourth-order valence-corrected chi connectivity index (χ4v) is 4.61. The van der Waals surface area contributed by atoms with Crippen LogP contribution in [-0.4, -0.2) is 79.4 Å². The van der Waals surface area contributed by atoms with Gasteiger partial charge >= 0.3 is 0 Å². The third-order valence-corrected chi connectivity index (χ3v) is 6.90. The van der Waals surface area contributed by atoms with E-state index in [1.807, 2.05) is 41.3 Å². The van der Waals surface area contributed by atoms with E-state index in [1.165, 1.54) is 6.26 Å². The molecule has 7 heteroatoms. The predicted octanol–water partition coefficient (Wildman–Crippen LogP) is 4.80. The SMILES string of the molecule is CCCCC(CC)C(=O)N1CCN(CCN(CC=Cc2ccccc2OC)C(=O)c2ccco2)CC1. The van der Waals surface area contributed by atoms with Crippen molar-refractivity contribution in [2.24, 2.45) is 5.92 Å². The highest BCUT2D eigenvalue weighted by Gasteiger charge is 2.26. The summed E-state index contributed by atoms with van der Waals surface area (Å²) in [6.07, 6.45) is 9.61. The summed E-state index contributed by atoms with van der Waals surface area (Å²) >= 11 is 0. The van der Waals surface area contributed by atoms with Crippen LogP contribution in [0.5, 0.6) is 5.75 Å². The van der Waals surface area contributed by atoms with E-state index in [2.05, 4.69) is 18.7 Å². The first-order chi connectivity index (χ1) is 17.6. The van der Waals surface area contributed by atoms with Crippen LogP contribution in [0.3, 0.4) is 0 Å². The Morgan fingerprint density at radius 1 is 1.11 bits per heavy atom. The average molecular weight is 496 g/mol. The van der Waals surface area contributed by atoms with Crippen LogP contribution < -0.4 is 4.74 Å². The predicted molar refractivity (Wildman–Crippen MR) is 143 cm³/mol. The summed E-state index contributed by atoms with van der Waals surface area (Å²) in [6.45, 7) is 9.24. The van der Waals surface area contributed by atoms with E-state index < -0.39 is 0 Å². The number of carbonyl (C=O) groups is 2. The molecule has 3 rings (SSSR count). The van der Waals surface area contributed by atoms with E-state index in [-0.39, 0.29) is 11.8 Å². The molecule has 0 spiro atoms. The largest absolute Gasteiger partial charge is 0.496 e. The summed E-state index contributed by atoms with van der Waals surface area (Å²) in [5.41, 5.74) is 0.968. The summed E-state index contributed by atoms with van der Waals surface area (Å²) in [7, 11) is 1.65. The van der Waals surface area contributed by atoms with Gasteiger partial charge in [0.2, 0.25) is 5.91 Å². The third-order valence-electron chi connectivity index (χ3n) is 6.90. The summed E-state index contributed by atoms with van der Waals surface area (Å²) in [5, 5.41) is 0. The van der Waals surface area contributed by atoms with Gasteiger partial charge in [-0.15, -0.1) is 0 Å². The topological polar surface area (TPSA) is 66.2 Å². The lowest BCUT2D eigenvalue weighted by molar-refractivity contribution is -0.137.